The van der Waals surface area contributed by atoms with E-state index in [1.807, 2.05) is 0 Å². The number of aryl methyl sites for hydroxylation is 1. The van der Waals surface area contributed by atoms with Crippen molar-refractivity contribution in [3.05, 3.63) is 63.5 Å². The minimum atomic E-state index is -0.557. The Hall–Kier alpha value is -3.37. The second-order valence-electron chi connectivity index (χ2n) is 6.01. The van der Waals surface area contributed by atoms with Gasteiger partial charge in [0.15, 0.2) is 5.13 Å². The number of methoxy groups -OCH3 is 1. The molecule has 156 valence electrons. The standard InChI is InChI=1S/C19H17ClN4O5S/c1-10-13(5-6-29-10)17(26)22-19-21-12(9-30-19)8-16(25)23-24-18(27)14-4-3-11(20)7-15(14)28-2/h3-7,9H,8H2,1-2H3,(H,23,25)(H,24,27)(H,21,22,26). The van der Waals surface area contributed by atoms with Crippen molar-refractivity contribution in [2.24, 2.45) is 0 Å². The molecule has 0 fully saturated rings. The molecule has 0 atom stereocenters. The Bertz CT molecular complexity index is 1090. The van der Waals surface area contributed by atoms with Crippen molar-refractivity contribution in [2.45, 2.75) is 13.3 Å². The maximum Gasteiger partial charge on any atom is 0.273 e. The molecule has 0 radical (unpaired) electrons. The first-order chi connectivity index (χ1) is 14.4. The fourth-order valence-electron chi connectivity index (χ4n) is 2.49. The molecular weight excluding hydrogens is 432 g/mol. The summed E-state index contributed by atoms with van der Waals surface area (Å²) in [5, 5.41) is 5.05. The molecule has 0 aliphatic carbocycles. The predicted octanol–water partition coefficient (Wildman–Crippen LogP) is 2.96. The van der Waals surface area contributed by atoms with Gasteiger partial charge in [0, 0.05) is 10.4 Å². The molecule has 0 aliphatic rings. The van der Waals surface area contributed by atoms with Gasteiger partial charge in [0.1, 0.15) is 11.5 Å². The summed E-state index contributed by atoms with van der Waals surface area (Å²) in [6, 6.07) is 6.08. The number of rotatable bonds is 6. The van der Waals surface area contributed by atoms with Gasteiger partial charge in [0.25, 0.3) is 11.8 Å². The summed E-state index contributed by atoms with van der Waals surface area (Å²) in [5.41, 5.74) is 5.69. The lowest BCUT2D eigenvalue weighted by Gasteiger charge is -2.10. The van der Waals surface area contributed by atoms with Crippen LogP contribution in [0.15, 0.2) is 40.3 Å². The molecule has 0 unspecified atom stereocenters. The van der Waals surface area contributed by atoms with Gasteiger partial charge in [-0.3, -0.25) is 30.6 Å². The molecule has 9 nitrogen and oxygen atoms in total. The first-order valence-corrected chi connectivity index (χ1v) is 9.85. The molecule has 2 heterocycles. The van der Waals surface area contributed by atoms with Crippen LogP contribution in [-0.2, 0) is 11.2 Å². The van der Waals surface area contributed by atoms with Crippen LogP contribution in [0.4, 0.5) is 5.13 Å². The maximum absolute atomic E-state index is 12.2. The van der Waals surface area contributed by atoms with E-state index in [1.54, 1.807) is 18.4 Å². The van der Waals surface area contributed by atoms with E-state index in [0.717, 1.165) is 0 Å². The molecular formula is C19H17ClN4O5S. The first kappa shape index (κ1) is 21.3. The highest BCUT2D eigenvalue weighted by molar-refractivity contribution is 7.14. The number of anilines is 1. The highest BCUT2D eigenvalue weighted by atomic mass is 35.5. The van der Waals surface area contributed by atoms with E-state index in [4.69, 9.17) is 20.8 Å². The van der Waals surface area contributed by atoms with Crippen molar-refractivity contribution in [1.29, 1.82) is 0 Å². The van der Waals surface area contributed by atoms with Gasteiger partial charge in [-0.2, -0.15) is 0 Å². The Kier molecular flexibility index (Phi) is 6.70. The van der Waals surface area contributed by atoms with Gasteiger partial charge in [0.05, 0.1) is 36.6 Å². The number of halogens is 1. The Morgan fingerprint density at radius 1 is 1.17 bits per heavy atom. The summed E-state index contributed by atoms with van der Waals surface area (Å²) in [4.78, 5) is 40.7. The molecule has 0 spiro atoms. The van der Waals surface area contributed by atoms with Crippen LogP contribution in [0.5, 0.6) is 5.75 Å². The molecule has 0 bridgehead atoms. The molecule has 0 saturated carbocycles. The number of thiazole rings is 1. The van der Waals surface area contributed by atoms with Crippen molar-refractivity contribution in [2.75, 3.05) is 12.4 Å². The van der Waals surface area contributed by atoms with Crippen LogP contribution in [0.3, 0.4) is 0 Å². The van der Waals surface area contributed by atoms with Crippen molar-refractivity contribution in [3.8, 4) is 5.75 Å². The number of carbonyl (C=O) groups excluding carboxylic acids is 3. The van der Waals surface area contributed by atoms with Crippen LogP contribution in [0.2, 0.25) is 5.02 Å². The zero-order chi connectivity index (χ0) is 21.7. The van der Waals surface area contributed by atoms with Crippen molar-refractivity contribution < 1.29 is 23.5 Å². The average Bonchev–Trinajstić information content (AvgIpc) is 3.34. The molecule has 11 heteroatoms. The molecule has 0 aliphatic heterocycles. The van der Waals surface area contributed by atoms with Crippen LogP contribution in [0, 0.1) is 6.92 Å². The first-order valence-electron chi connectivity index (χ1n) is 8.60. The van der Waals surface area contributed by atoms with Crippen molar-refractivity contribution in [3.63, 3.8) is 0 Å². The van der Waals surface area contributed by atoms with Crippen molar-refractivity contribution in [1.82, 2.24) is 15.8 Å². The van der Waals surface area contributed by atoms with Crippen LogP contribution >= 0.6 is 22.9 Å². The second kappa shape index (κ2) is 9.42. The number of nitrogens with zero attached hydrogens (tertiary/aromatic N) is 1. The number of hydrazine groups is 1. The molecule has 3 amide bonds. The van der Waals surface area contributed by atoms with Gasteiger partial charge in [-0.15, -0.1) is 11.3 Å². The summed E-state index contributed by atoms with van der Waals surface area (Å²) < 4.78 is 10.2. The molecule has 3 rings (SSSR count). The Morgan fingerprint density at radius 3 is 2.67 bits per heavy atom. The third-order valence-electron chi connectivity index (χ3n) is 3.94. The number of furan rings is 1. The van der Waals surface area contributed by atoms with Gasteiger partial charge in [0.2, 0.25) is 5.91 Å². The lowest BCUT2D eigenvalue weighted by Crippen LogP contribution is -2.42. The van der Waals surface area contributed by atoms with E-state index >= 15 is 0 Å². The SMILES string of the molecule is COc1cc(Cl)ccc1C(=O)NNC(=O)Cc1csc(NC(=O)c2ccoc2C)n1. The number of carbonyl (C=O) groups is 3. The minimum absolute atomic E-state index is 0.0882. The average molecular weight is 449 g/mol. The van der Waals surface area contributed by atoms with Gasteiger partial charge >= 0.3 is 0 Å². The van der Waals surface area contributed by atoms with E-state index in [1.165, 1.54) is 42.9 Å². The summed E-state index contributed by atoms with van der Waals surface area (Å²) in [7, 11) is 1.41. The molecule has 30 heavy (non-hydrogen) atoms. The Labute approximate surface area is 180 Å². The van der Waals surface area contributed by atoms with E-state index in [9.17, 15) is 14.4 Å². The molecule has 1 aromatic carbocycles. The van der Waals surface area contributed by atoms with Gasteiger partial charge in [-0.1, -0.05) is 11.6 Å². The summed E-state index contributed by atoms with van der Waals surface area (Å²) >= 11 is 7.05. The zero-order valence-electron chi connectivity index (χ0n) is 15.9. The van der Waals surface area contributed by atoms with Crippen LogP contribution < -0.4 is 20.9 Å². The largest absolute Gasteiger partial charge is 0.496 e. The van der Waals surface area contributed by atoms with Crippen LogP contribution in [0.1, 0.15) is 32.2 Å². The molecule has 2 aromatic heterocycles. The minimum Gasteiger partial charge on any atom is -0.496 e. The summed E-state index contributed by atoms with van der Waals surface area (Å²) in [6.07, 6.45) is 1.34. The van der Waals surface area contributed by atoms with Gasteiger partial charge in [-0.05, 0) is 31.2 Å². The maximum atomic E-state index is 12.2. The third-order valence-corrected chi connectivity index (χ3v) is 4.98. The molecule has 0 saturated heterocycles. The van der Waals surface area contributed by atoms with Gasteiger partial charge < -0.3 is 9.15 Å². The van der Waals surface area contributed by atoms with Crippen LogP contribution in [-0.4, -0.2) is 29.8 Å². The monoisotopic (exact) mass is 448 g/mol. The third kappa shape index (κ3) is 5.16. The lowest BCUT2D eigenvalue weighted by molar-refractivity contribution is -0.121. The fraction of sp³-hybridized carbons (Fsp3) is 0.158. The number of ether oxygens (including phenoxy) is 1. The van der Waals surface area contributed by atoms with E-state index in [-0.39, 0.29) is 23.6 Å². The number of hydrogen-bond acceptors (Lipinski definition) is 7. The van der Waals surface area contributed by atoms with E-state index in [0.29, 0.717) is 27.2 Å². The fourth-order valence-corrected chi connectivity index (χ4v) is 3.35. The summed E-state index contributed by atoms with van der Waals surface area (Å²) in [6.45, 7) is 1.68. The molecule has 3 aromatic rings. The smallest absolute Gasteiger partial charge is 0.273 e. The van der Waals surface area contributed by atoms with Crippen molar-refractivity contribution >= 4 is 45.8 Å². The van der Waals surface area contributed by atoms with E-state index < -0.39 is 11.8 Å². The number of hydrogen-bond donors (Lipinski definition) is 3. The zero-order valence-corrected chi connectivity index (χ0v) is 17.5. The topological polar surface area (TPSA) is 123 Å². The number of nitrogens with one attached hydrogen (secondary N) is 3. The normalized spacial score (nSPS) is 10.4. The molecule has 3 N–H and O–H groups in total. The lowest BCUT2D eigenvalue weighted by atomic mass is 10.2. The number of benzene rings is 1. The predicted molar refractivity (Wildman–Crippen MR) is 111 cm³/mol. The Morgan fingerprint density at radius 2 is 1.97 bits per heavy atom. The second-order valence-corrected chi connectivity index (χ2v) is 7.31. The number of aromatic nitrogens is 1. The van der Waals surface area contributed by atoms with Gasteiger partial charge in [-0.25, -0.2) is 4.98 Å². The highest BCUT2D eigenvalue weighted by Gasteiger charge is 2.16. The Balaban J connectivity index is 1.53. The van der Waals surface area contributed by atoms with E-state index in [2.05, 4.69) is 21.2 Å². The van der Waals surface area contributed by atoms with Crippen LogP contribution in [0.25, 0.3) is 0 Å². The highest BCUT2D eigenvalue weighted by Crippen LogP contribution is 2.23. The summed E-state index contributed by atoms with van der Waals surface area (Å²) in [5.74, 6) is -0.613. The quantitative estimate of drug-likeness (QED) is 0.498. The number of amides is 3.